The molecule has 9 rings (SSSR count). The van der Waals surface area contributed by atoms with Crippen LogP contribution in [0.25, 0.3) is 28.7 Å². The van der Waals surface area contributed by atoms with Gasteiger partial charge in [0.15, 0.2) is 0 Å². The lowest BCUT2D eigenvalue weighted by Gasteiger charge is -2.34. The highest BCUT2D eigenvalue weighted by atomic mass is 16.3. The van der Waals surface area contributed by atoms with Crippen molar-refractivity contribution < 1.29 is 4.42 Å². The molecule has 2 unspecified atom stereocenters. The zero-order chi connectivity index (χ0) is 30.1. The van der Waals surface area contributed by atoms with Gasteiger partial charge in [0, 0.05) is 40.4 Å². The number of aryl methyl sites for hydroxylation is 1. The molecule has 1 aromatic heterocycles. The number of fused-ring (bicyclic) bond motifs is 8. The van der Waals surface area contributed by atoms with E-state index in [4.69, 9.17) is 4.42 Å². The van der Waals surface area contributed by atoms with Gasteiger partial charge >= 0.3 is 0 Å². The van der Waals surface area contributed by atoms with Crippen LogP contribution in [0, 0.1) is 5.92 Å². The highest BCUT2D eigenvalue weighted by Gasteiger charge is 2.43. The van der Waals surface area contributed by atoms with E-state index >= 15 is 0 Å². The number of anilines is 1. The third-order valence-electron chi connectivity index (χ3n) is 11.0. The average molecular weight is 586 g/mol. The number of hydrogen-bond donors (Lipinski definition) is 0. The van der Waals surface area contributed by atoms with E-state index in [0.717, 1.165) is 49.9 Å². The minimum atomic E-state index is 0.144. The lowest BCUT2D eigenvalue weighted by Crippen LogP contribution is -2.27. The number of nitrogens with zero attached hydrogens (tertiary/aromatic N) is 1. The fraction of sp³-hybridized carbons (Fsp3) is 0.256. The Balaban J connectivity index is 1.06. The summed E-state index contributed by atoms with van der Waals surface area (Å²) in [6.45, 7) is 4.83. The van der Waals surface area contributed by atoms with Gasteiger partial charge in [-0.25, -0.2) is 0 Å². The van der Waals surface area contributed by atoms with Gasteiger partial charge in [-0.2, -0.15) is 0 Å². The van der Waals surface area contributed by atoms with Gasteiger partial charge in [-0.05, 0) is 107 Å². The number of allylic oxidation sites excluding steroid dienone is 8. The van der Waals surface area contributed by atoms with Crippen LogP contribution in [0.15, 0.2) is 119 Å². The molecule has 0 fully saturated rings. The summed E-state index contributed by atoms with van der Waals surface area (Å²) in [5, 5.41) is 1.32. The molecule has 5 aliphatic carbocycles. The Morgan fingerprint density at radius 1 is 0.822 bits per heavy atom. The Labute approximate surface area is 266 Å². The quantitative estimate of drug-likeness (QED) is 0.237. The Morgan fingerprint density at radius 3 is 2.56 bits per heavy atom. The molecule has 2 atom stereocenters. The normalized spacial score (nSPS) is 22.2. The summed E-state index contributed by atoms with van der Waals surface area (Å²) in [6, 6.07) is 22.8. The van der Waals surface area contributed by atoms with E-state index in [2.05, 4.69) is 134 Å². The van der Waals surface area contributed by atoms with Crippen molar-refractivity contribution in [2.24, 2.45) is 5.92 Å². The van der Waals surface area contributed by atoms with Crippen LogP contribution in [0.2, 0.25) is 0 Å². The molecule has 45 heavy (non-hydrogen) atoms. The lowest BCUT2D eigenvalue weighted by molar-refractivity contribution is 0.413. The van der Waals surface area contributed by atoms with Gasteiger partial charge < -0.3 is 9.32 Å². The standard InChI is InChI=1S/C43H39NO/c1-43(2)38-14-8-6-12-34(38)37-27-33(23-24-39(37)43)44(31-10-4-3-5-11-31)32-21-18-28(19-22-32)30-17-16-29-20-25-41-42(36(29)26-30)35-13-7-9-15-40(35)45-41/h4,6-8,10-14,16-23,25,27,30,39H,3,5,9,15,24,26H2,1-2H3. The van der Waals surface area contributed by atoms with Gasteiger partial charge in [-0.15, -0.1) is 0 Å². The van der Waals surface area contributed by atoms with Crippen LogP contribution in [0.3, 0.4) is 0 Å². The maximum atomic E-state index is 6.31. The molecule has 3 aromatic carbocycles. The summed E-state index contributed by atoms with van der Waals surface area (Å²) in [7, 11) is 0. The Hall–Kier alpha value is -4.56. The second-order valence-corrected chi connectivity index (χ2v) is 13.9. The molecule has 0 aliphatic heterocycles. The summed E-state index contributed by atoms with van der Waals surface area (Å²) in [4.78, 5) is 2.48. The van der Waals surface area contributed by atoms with E-state index in [1.165, 1.54) is 61.4 Å². The molecule has 0 radical (unpaired) electrons. The molecule has 0 bridgehead atoms. The average Bonchev–Trinajstić information content (AvgIpc) is 3.58. The van der Waals surface area contributed by atoms with E-state index in [1.54, 1.807) is 0 Å². The monoisotopic (exact) mass is 585 g/mol. The van der Waals surface area contributed by atoms with Crippen LogP contribution >= 0.6 is 0 Å². The van der Waals surface area contributed by atoms with Gasteiger partial charge in [0.05, 0.1) is 0 Å². The third-order valence-corrected chi connectivity index (χ3v) is 11.0. The van der Waals surface area contributed by atoms with Crippen molar-refractivity contribution in [2.75, 3.05) is 4.90 Å². The van der Waals surface area contributed by atoms with E-state index in [1.807, 2.05) is 0 Å². The molecule has 0 amide bonds. The van der Waals surface area contributed by atoms with Gasteiger partial charge in [0.25, 0.3) is 0 Å². The van der Waals surface area contributed by atoms with Crippen LogP contribution in [0.5, 0.6) is 0 Å². The zero-order valence-corrected chi connectivity index (χ0v) is 26.2. The second-order valence-electron chi connectivity index (χ2n) is 13.9. The summed E-state index contributed by atoms with van der Waals surface area (Å²) >= 11 is 0. The van der Waals surface area contributed by atoms with E-state index < -0.39 is 0 Å². The van der Waals surface area contributed by atoms with E-state index in [-0.39, 0.29) is 5.41 Å². The number of furan rings is 1. The van der Waals surface area contributed by atoms with Crippen molar-refractivity contribution in [3.05, 3.63) is 154 Å². The Bertz CT molecular complexity index is 2040. The highest BCUT2D eigenvalue weighted by molar-refractivity contribution is 5.95. The molecule has 0 N–H and O–H groups in total. The van der Waals surface area contributed by atoms with Crippen molar-refractivity contribution >= 4 is 34.4 Å². The largest absolute Gasteiger partial charge is 0.460 e. The number of rotatable bonds is 4. The Kier molecular flexibility index (Phi) is 6.10. The highest BCUT2D eigenvalue weighted by Crippen LogP contribution is 2.54. The van der Waals surface area contributed by atoms with Gasteiger partial charge in [-0.1, -0.05) is 98.8 Å². The van der Waals surface area contributed by atoms with Crippen LogP contribution < -0.4 is 4.90 Å². The molecule has 0 saturated heterocycles. The first-order valence-corrected chi connectivity index (χ1v) is 16.8. The number of benzene rings is 3. The predicted molar refractivity (Wildman–Crippen MR) is 188 cm³/mol. The summed E-state index contributed by atoms with van der Waals surface area (Å²) in [6.07, 6.45) is 27.6. The van der Waals surface area contributed by atoms with Crippen molar-refractivity contribution in [3.63, 3.8) is 0 Å². The van der Waals surface area contributed by atoms with Crippen LogP contribution in [0.4, 0.5) is 5.69 Å². The van der Waals surface area contributed by atoms with Crippen molar-refractivity contribution in [2.45, 2.75) is 63.7 Å². The zero-order valence-electron chi connectivity index (χ0n) is 26.2. The number of hydrogen-bond acceptors (Lipinski definition) is 2. The summed E-state index contributed by atoms with van der Waals surface area (Å²) < 4.78 is 6.31. The molecule has 5 aliphatic rings. The maximum Gasteiger partial charge on any atom is 0.135 e. The minimum Gasteiger partial charge on any atom is -0.460 e. The molecule has 222 valence electrons. The summed E-state index contributed by atoms with van der Waals surface area (Å²) in [5.74, 6) is 2.00. The minimum absolute atomic E-state index is 0.144. The molecule has 4 aromatic rings. The molecular formula is C43H39NO. The smallest absolute Gasteiger partial charge is 0.135 e. The molecule has 2 nitrogen and oxygen atoms in total. The van der Waals surface area contributed by atoms with Crippen LogP contribution in [-0.2, 0) is 18.3 Å². The second kappa shape index (κ2) is 10.2. The van der Waals surface area contributed by atoms with Gasteiger partial charge in [0.2, 0.25) is 0 Å². The molecular weight excluding hydrogens is 546 g/mol. The molecule has 0 saturated carbocycles. The van der Waals surface area contributed by atoms with E-state index in [0.29, 0.717) is 11.8 Å². The predicted octanol–water partition coefficient (Wildman–Crippen LogP) is 11.1. The topological polar surface area (TPSA) is 16.4 Å². The first kappa shape index (κ1) is 26.8. The molecule has 2 heteroatoms. The van der Waals surface area contributed by atoms with Crippen molar-refractivity contribution in [3.8, 4) is 0 Å². The SMILES string of the molecule is CC1(C)c2ccccc2C2=CC(N(C3=CCCC=C3)c3ccc(C4C=Cc5ccc6oc7c(c6c5C4)C=CCC7)cc3)=CCC21. The fourth-order valence-electron chi connectivity index (χ4n) is 8.60. The Morgan fingerprint density at radius 2 is 1.69 bits per heavy atom. The molecule has 0 spiro atoms. The van der Waals surface area contributed by atoms with Crippen LogP contribution in [0.1, 0.15) is 84.6 Å². The third kappa shape index (κ3) is 4.22. The van der Waals surface area contributed by atoms with Crippen molar-refractivity contribution in [1.82, 2.24) is 0 Å². The maximum absolute atomic E-state index is 6.31. The first-order valence-electron chi connectivity index (χ1n) is 16.8. The molecule has 1 heterocycles. The fourth-order valence-corrected chi connectivity index (χ4v) is 8.60. The van der Waals surface area contributed by atoms with Gasteiger partial charge in [0.1, 0.15) is 11.3 Å². The summed E-state index contributed by atoms with van der Waals surface area (Å²) in [5.41, 5.74) is 14.8. The lowest BCUT2D eigenvalue weighted by atomic mass is 9.74. The van der Waals surface area contributed by atoms with Crippen LogP contribution in [-0.4, -0.2) is 0 Å². The van der Waals surface area contributed by atoms with Crippen molar-refractivity contribution in [1.29, 1.82) is 0 Å². The van der Waals surface area contributed by atoms with E-state index in [9.17, 15) is 0 Å². The first-order chi connectivity index (χ1) is 22.1. The van der Waals surface area contributed by atoms with Gasteiger partial charge in [-0.3, -0.25) is 0 Å².